The Balaban J connectivity index is 0.00000288. The number of hydrogen-bond donors (Lipinski definition) is 3. The van der Waals surface area contributed by atoms with Crippen molar-refractivity contribution in [3.63, 3.8) is 0 Å². The first-order valence-corrected chi connectivity index (χ1v) is 7.77. The Hall–Kier alpha value is -1.83. The van der Waals surface area contributed by atoms with E-state index in [1.165, 1.54) is 13.5 Å². The number of amides is 2. The van der Waals surface area contributed by atoms with Gasteiger partial charge in [0.05, 0.1) is 18.0 Å². The van der Waals surface area contributed by atoms with E-state index >= 15 is 0 Å². The third kappa shape index (κ3) is 5.09. The van der Waals surface area contributed by atoms with Crippen LogP contribution in [-0.4, -0.2) is 44.7 Å². The molecule has 0 radical (unpaired) electrons. The van der Waals surface area contributed by atoms with Gasteiger partial charge in [-0.1, -0.05) is 0 Å². The number of ether oxygens (including phenoxy) is 1. The fraction of sp³-hybridized carbons (Fsp3) is 0.500. The molecule has 7 nitrogen and oxygen atoms in total. The normalized spacial score (nSPS) is 15.3. The molecule has 1 heterocycles. The van der Waals surface area contributed by atoms with Gasteiger partial charge in [0.1, 0.15) is 6.04 Å². The molecule has 1 unspecified atom stereocenters. The molecule has 0 saturated carbocycles. The van der Waals surface area contributed by atoms with Gasteiger partial charge in [-0.15, -0.1) is 12.4 Å². The van der Waals surface area contributed by atoms with Gasteiger partial charge < -0.3 is 26.4 Å². The average molecular weight is 357 g/mol. The lowest BCUT2D eigenvalue weighted by Crippen LogP contribution is -2.40. The van der Waals surface area contributed by atoms with E-state index in [-0.39, 0.29) is 24.9 Å². The highest BCUT2D eigenvalue weighted by atomic mass is 35.5. The van der Waals surface area contributed by atoms with Crippen molar-refractivity contribution in [2.45, 2.75) is 25.3 Å². The van der Waals surface area contributed by atoms with Crippen molar-refractivity contribution < 1.29 is 14.3 Å². The van der Waals surface area contributed by atoms with E-state index in [1.54, 1.807) is 12.1 Å². The molecule has 0 bridgehead atoms. The van der Waals surface area contributed by atoms with Crippen LogP contribution in [0.3, 0.4) is 0 Å². The number of nitrogens with zero attached hydrogens (tertiary/aromatic N) is 1. The van der Waals surface area contributed by atoms with Gasteiger partial charge in [0.25, 0.3) is 0 Å². The molecule has 1 aliphatic rings. The Morgan fingerprint density at radius 2 is 1.96 bits per heavy atom. The van der Waals surface area contributed by atoms with Crippen LogP contribution in [0.5, 0.6) is 0 Å². The van der Waals surface area contributed by atoms with Gasteiger partial charge in [0.2, 0.25) is 11.8 Å². The number of halogens is 1. The minimum absolute atomic E-state index is 0. The van der Waals surface area contributed by atoms with Crippen LogP contribution < -0.4 is 21.7 Å². The molecule has 1 aromatic rings. The summed E-state index contributed by atoms with van der Waals surface area (Å²) in [5.74, 6) is -0.890. The van der Waals surface area contributed by atoms with Crippen LogP contribution in [0.4, 0.5) is 11.4 Å². The molecule has 8 heteroatoms. The number of hydrogen-bond acceptors (Lipinski definition) is 5. The number of carbonyl (C=O) groups is 2. The van der Waals surface area contributed by atoms with Gasteiger partial charge in [-0.05, 0) is 37.5 Å². The summed E-state index contributed by atoms with van der Waals surface area (Å²) in [4.78, 5) is 25.8. The molecule has 2 amide bonds. The number of rotatable bonds is 6. The first-order valence-electron chi connectivity index (χ1n) is 7.77. The number of nitrogens with two attached hydrogens (primary N) is 2. The van der Waals surface area contributed by atoms with Crippen molar-refractivity contribution in [1.82, 2.24) is 0 Å². The second-order valence-corrected chi connectivity index (χ2v) is 5.69. The summed E-state index contributed by atoms with van der Waals surface area (Å²) in [7, 11) is 1.49. The quantitative estimate of drug-likeness (QED) is 0.707. The third-order valence-electron chi connectivity index (χ3n) is 3.92. The van der Waals surface area contributed by atoms with E-state index in [2.05, 4.69) is 10.2 Å². The number of benzene rings is 1. The van der Waals surface area contributed by atoms with Crippen LogP contribution >= 0.6 is 12.4 Å². The maximum atomic E-state index is 12.2. The fourth-order valence-electron chi connectivity index (χ4n) is 2.68. The molecule has 1 aliphatic heterocycles. The molecule has 1 aromatic carbocycles. The van der Waals surface area contributed by atoms with Crippen molar-refractivity contribution in [3.05, 3.63) is 23.8 Å². The summed E-state index contributed by atoms with van der Waals surface area (Å²) in [6.07, 6.45) is 3.42. The Labute approximate surface area is 148 Å². The van der Waals surface area contributed by atoms with Crippen LogP contribution in [0.1, 0.15) is 29.6 Å². The van der Waals surface area contributed by atoms with Crippen molar-refractivity contribution in [2.75, 3.05) is 37.0 Å². The van der Waals surface area contributed by atoms with Gasteiger partial charge in [-0.25, -0.2) is 0 Å². The first-order chi connectivity index (χ1) is 11.0. The van der Waals surface area contributed by atoms with E-state index in [0.29, 0.717) is 11.3 Å². The number of methoxy groups -OCH3 is 1. The lowest BCUT2D eigenvalue weighted by atomic mass is 10.1. The topological polar surface area (TPSA) is 111 Å². The van der Waals surface area contributed by atoms with Gasteiger partial charge >= 0.3 is 0 Å². The third-order valence-corrected chi connectivity index (χ3v) is 3.92. The van der Waals surface area contributed by atoms with E-state index < -0.39 is 11.9 Å². The highest BCUT2D eigenvalue weighted by Crippen LogP contribution is 2.29. The van der Waals surface area contributed by atoms with Crippen LogP contribution in [-0.2, 0) is 9.53 Å². The minimum Gasteiger partial charge on any atom is -0.383 e. The summed E-state index contributed by atoms with van der Waals surface area (Å²) >= 11 is 0. The lowest BCUT2D eigenvalue weighted by Gasteiger charge is -2.31. The Morgan fingerprint density at radius 1 is 1.29 bits per heavy atom. The molecular formula is C16H25ClN4O3. The summed E-state index contributed by atoms with van der Waals surface area (Å²) in [5, 5.41) is 2.79. The Kier molecular flexibility index (Phi) is 7.97. The second-order valence-electron chi connectivity index (χ2n) is 5.69. The monoisotopic (exact) mass is 356 g/mol. The highest BCUT2D eigenvalue weighted by molar-refractivity contribution is 6.01. The molecule has 0 aliphatic carbocycles. The zero-order valence-corrected chi connectivity index (χ0v) is 14.6. The zero-order chi connectivity index (χ0) is 16.8. The maximum Gasteiger partial charge on any atom is 0.248 e. The predicted molar refractivity (Wildman–Crippen MR) is 96.8 cm³/mol. The van der Waals surface area contributed by atoms with E-state index in [9.17, 15) is 9.59 Å². The maximum absolute atomic E-state index is 12.2. The van der Waals surface area contributed by atoms with Crippen molar-refractivity contribution >= 4 is 35.6 Å². The molecular weight excluding hydrogens is 332 g/mol. The summed E-state index contributed by atoms with van der Waals surface area (Å²) < 4.78 is 4.90. The van der Waals surface area contributed by atoms with Gasteiger partial charge in [-0.2, -0.15) is 0 Å². The van der Waals surface area contributed by atoms with Crippen LogP contribution in [0.2, 0.25) is 0 Å². The standard InChI is InChI=1S/C16H24N4O3.ClH/c1-23-10-12(17)16(22)19-13-9-11(15(18)21)5-6-14(13)20-7-3-2-4-8-20;/h5-6,9,12H,2-4,7-8,10,17H2,1H3,(H2,18,21)(H,19,22);1H. The Morgan fingerprint density at radius 3 is 2.54 bits per heavy atom. The number of primary amides is 1. The van der Waals surface area contributed by atoms with Gasteiger partial charge in [-0.3, -0.25) is 9.59 Å². The van der Waals surface area contributed by atoms with Gasteiger partial charge in [0, 0.05) is 25.8 Å². The fourth-order valence-corrected chi connectivity index (χ4v) is 2.68. The largest absolute Gasteiger partial charge is 0.383 e. The second kappa shape index (κ2) is 9.46. The lowest BCUT2D eigenvalue weighted by molar-refractivity contribution is -0.118. The summed E-state index contributed by atoms with van der Waals surface area (Å²) in [6.45, 7) is 1.96. The molecule has 0 aromatic heterocycles. The predicted octanol–water partition coefficient (Wildman–Crippen LogP) is 1.11. The van der Waals surface area contributed by atoms with Crippen molar-refractivity contribution in [3.8, 4) is 0 Å². The molecule has 1 fully saturated rings. The van der Waals surface area contributed by atoms with Crippen molar-refractivity contribution in [1.29, 1.82) is 0 Å². The van der Waals surface area contributed by atoms with Crippen LogP contribution in [0, 0.1) is 0 Å². The first kappa shape index (κ1) is 20.2. The highest BCUT2D eigenvalue weighted by Gasteiger charge is 2.20. The van der Waals surface area contributed by atoms with Gasteiger partial charge in [0.15, 0.2) is 0 Å². The molecule has 5 N–H and O–H groups in total. The van der Waals surface area contributed by atoms with Crippen LogP contribution in [0.25, 0.3) is 0 Å². The molecule has 24 heavy (non-hydrogen) atoms. The minimum atomic E-state index is -0.772. The average Bonchev–Trinajstić information content (AvgIpc) is 2.55. The van der Waals surface area contributed by atoms with E-state index in [4.69, 9.17) is 16.2 Å². The zero-order valence-electron chi connectivity index (χ0n) is 13.8. The number of nitrogens with one attached hydrogen (secondary N) is 1. The number of piperidine rings is 1. The smallest absolute Gasteiger partial charge is 0.248 e. The molecule has 0 spiro atoms. The van der Waals surface area contributed by atoms with Crippen LogP contribution in [0.15, 0.2) is 18.2 Å². The molecule has 134 valence electrons. The number of anilines is 2. The molecule has 1 saturated heterocycles. The number of carbonyl (C=O) groups excluding carboxylic acids is 2. The summed E-state index contributed by atoms with van der Waals surface area (Å²) in [6, 6.07) is 4.33. The van der Waals surface area contributed by atoms with E-state index in [1.807, 2.05) is 6.07 Å². The SMILES string of the molecule is COCC(N)C(=O)Nc1cc(C(N)=O)ccc1N1CCCCC1.Cl. The molecule has 2 rings (SSSR count). The molecule has 1 atom stereocenters. The van der Waals surface area contributed by atoms with Crippen molar-refractivity contribution in [2.24, 2.45) is 11.5 Å². The Bertz CT molecular complexity index is 576. The van der Waals surface area contributed by atoms with E-state index in [0.717, 1.165) is 31.6 Å². The summed E-state index contributed by atoms with van der Waals surface area (Å²) in [5.41, 5.74) is 12.9.